The molecule has 7 heteroatoms. The first-order valence-corrected chi connectivity index (χ1v) is 6.77. The van der Waals surface area contributed by atoms with Gasteiger partial charge in [-0.05, 0) is 30.7 Å². The monoisotopic (exact) mass is 334 g/mol. The van der Waals surface area contributed by atoms with E-state index in [1.807, 2.05) is 19.1 Å². The molecule has 0 amide bonds. The summed E-state index contributed by atoms with van der Waals surface area (Å²) in [5, 5.41) is 3.50. The van der Waals surface area contributed by atoms with Crippen LogP contribution >= 0.6 is 23.2 Å². The first-order valence-electron chi connectivity index (χ1n) is 6.02. The van der Waals surface area contributed by atoms with E-state index in [9.17, 15) is 13.2 Å². The van der Waals surface area contributed by atoms with Crippen molar-refractivity contribution >= 4 is 29.0 Å². The number of aromatic nitrogens is 1. The smallest absolute Gasteiger partial charge is 0.362 e. The summed E-state index contributed by atoms with van der Waals surface area (Å²) in [6.45, 7) is 1.85. The van der Waals surface area contributed by atoms with Crippen molar-refractivity contribution in [1.29, 1.82) is 0 Å². The van der Waals surface area contributed by atoms with Gasteiger partial charge in [-0.25, -0.2) is 4.98 Å². The number of hydrogen-bond donors (Lipinski definition) is 1. The molecule has 0 bridgehead atoms. The van der Waals surface area contributed by atoms with E-state index in [2.05, 4.69) is 10.3 Å². The van der Waals surface area contributed by atoms with Gasteiger partial charge in [0.15, 0.2) is 0 Å². The van der Waals surface area contributed by atoms with Gasteiger partial charge in [0, 0.05) is 17.3 Å². The molecule has 1 N–H and O–H groups in total. The molecule has 1 aromatic heterocycles. The molecular formula is C14H11Cl2F3N2. The van der Waals surface area contributed by atoms with E-state index in [-0.39, 0.29) is 16.9 Å². The quantitative estimate of drug-likeness (QED) is 0.792. The van der Waals surface area contributed by atoms with Crippen molar-refractivity contribution in [3.63, 3.8) is 0 Å². The summed E-state index contributed by atoms with van der Waals surface area (Å²) in [4.78, 5) is 3.74. The summed E-state index contributed by atoms with van der Waals surface area (Å²) in [5.74, 6) is 0.201. The fourth-order valence-corrected chi connectivity index (χ4v) is 2.09. The van der Waals surface area contributed by atoms with Gasteiger partial charge in [-0.3, -0.25) is 0 Å². The highest BCUT2D eigenvalue weighted by Gasteiger charge is 2.31. The lowest BCUT2D eigenvalue weighted by Gasteiger charge is -2.17. The van der Waals surface area contributed by atoms with Crippen LogP contribution < -0.4 is 5.32 Å². The minimum absolute atomic E-state index is 0.0781. The summed E-state index contributed by atoms with van der Waals surface area (Å²) in [6.07, 6.45) is -3.71. The van der Waals surface area contributed by atoms with Gasteiger partial charge in [-0.2, -0.15) is 13.2 Å². The Morgan fingerprint density at radius 1 is 1.14 bits per heavy atom. The Kier molecular flexibility index (Phi) is 4.64. The Hall–Kier alpha value is -1.46. The second kappa shape index (κ2) is 6.12. The van der Waals surface area contributed by atoms with Gasteiger partial charge in [0.1, 0.15) is 5.82 Å². The Morgan fingerprint density at radius 2 is 1.76 bits per heavy atom. The van der Waals surface area contributed by atoms with Crippen molar-refractivity contribution in [2.45, 2.75) is 19.1 Å². The minimum Gasteiger partial charge on any atom is -0.362 e. The van der Waals surface area contributed by atoms with Gasteiger partial charge < -0.3 is 5.32 Å². The molecule has 112 valence electrons. The topological polar surface area (TPSA) is 24.9 Å². The molecular weight excluding hydrogens is 324 g/mol. The maximum atomic E-state index is 12.5. The number of nitrogens with zero attached hydrogens (tertiary/aromatic N) is 1. The predicted molar refractivity (Wildman–Crippen MR) is 77.7 cm³/mol. The highest BCUT2D eigenvalue weighted by atomic mass is 35.5. The van der Waals surface area contributed by atoms with Gasteiger partial charge in [-0.15, -0.1) is 0 Å². The van der Waals surface area contributed by atoms with E-state index in [0.717, 1.165) is 17.8 Å². The lowest BCUT2D eigenvalue weighted by atomic mass is 10.1. The summed E-state index contributed by atoms with van der Waals surface area (Å²) in [7, 11) is 0. The Bertz CT molecular complexity index is 627. The van der Waals surface area contributed by atoms with E-state index in [1.165, 1.54) is 0 Å². The van der Waals surface area contributed by atoms with Crippen molar-refractivity contribution in [2.75, 3.05) is 5.32 Å². The molecule has 0 saturated carbocycles. The zero-order valence-corrected chi connectivity index (χ0v) is 12.4. The van der Waals surface area contributed by atoms with Crippen LogP contribution in [0.2, 0.25) is 10.0 Å². The molecule has 0 aliphatic heterocycles. The molecule has 0 radical (unpaired) electrons. The highest BCUT2D eigenvalue weighted by molar-refractivity contribution is 6.33. The molecule has 1 aromatic carbocycles. The largest absolute Gasteiger partial charge is 0.417 e. The standard InChI is InChI=1S/C14H11Cl2F3N2/c1-8(9-2-4-11(15)5-3-9)21-13-12(16)6-10(7-20-13)14(17,18)19/h2-8H,1H3,(H,20,21). The molecule has 2 aromatic rings. The SMILES string of the molecule is CC(Nc1ncc(C(F)(F)F)cc1Cl)c1ccc(Cl)cc1. The number of hydrogen-bond acceptors (Lipinski definition) is 2. The third kappa shape index (κ3) is 4.02. The number of pyridine rings is 1. The number of benzene rings is 1. The average molecular weight is 335 g/mol. The summed E-state index contributed by atoms with van der Waals surface area (Å²) >= 11 is 11.6. The number of anilines is 1. The van der Waals surface area contributed by atoms with E-state index in [4.69, 9.17) is 23.2 Å². The van der Waals surface area contributed by atoms with E-state index >= 15 is 0 Å². The van der Waals surface area contributed by atoms with Gasteiger partial charge in [0.2, 0.25) is 0 Å². The normalized spacial score (nSPS) is 13.0. The van der Waals surface area contributed by atoms with Crippen LogP contribution in [0.25, 0.3) is 0 Å². The van der Waals surface area contributed by atoms with Crippen molar-refractivity contribution in [2.24, 2.45) is 0 Å². The molecule has 2 rings (SSSR count). The van der Waals surface area contributed by atoms with Crippen molar-refractivity contribution in [3.8, 4) is 0 Å². The minimum atomic E-state index is -4.46. The van der Waals surface area contributed by atoms with Crippen LogP contribution in [-0.4, -0.2) is 4.98 Å². The van der Waals surface area contributed by atoms with Crippen LogP contribution in [0.15, 0.2) is 36.5 Å². The molecule has 1 unspecified atom stereocenters. The molecule has 2 nitrogen and oxygen atoms in total. The molecule has 0 aliphatic carbocycles. The summed E-state index contributed by atoms with van der Waals surface area (Å²) < 4.78 is 37.6. The lowest BCUT2D eigenvalue weighted by Crippen LogP contribution is -2.10. The number of nitrogens with one attached hydrogen (secondary N) is 1. The Morgan fingerprint density at radius 3 is 2.29 bits per heavy atom. The van der Waals surface area contributed by atoms with Gasteiger partial charge in [-0.1, -0.05) is 35.3 Å². The van der Waals surface area contributed by atoms with Crippen LogP contribution in [0.4, 0.5) is 19.0 Å². The van der Waals surface area contributed by atoms with Gasteiger partial charge in [0.25, 0.3) is 0 Å². The molecule has 1 heterocycles. The fraction of sp³-hybridized carbons (Fsp3) is 0.214. The zero-order valence-electron chi connectivity index (χ0n) is 10.9. The predicted octanol–water partition coefficient (Wildman–Crippen LogP) is 5.58. The summed E-state index contributed by atoms with van der Waals surface area (Å²) in [6, 6.07) is 7.78. The van der Waals surface area contributed by atoms with Crippen LogP contribution in [0.1, 0.15) is 24.1 Å². The van der Waals surface area contributed by atoms with Gasteiger partial charge >= 0.3 is 6.18 Å². The molecule has 0 aliphatic rings. The molecule has 1 atom stereocenters. The Labute approximate surface area is 129 Å². The molecule has 0 saturated heterocycles. The molecule has 0 fully saturated rings. The van der Waals surface area contributed by atoms with Crippen LogP contribution in [-0.2, 0) is 6.18 Å². The van der Waals surface area contributed by atoms with Crippen molar-refractivity contribution < 1.29 is 13.2 Å². The third-order valence-corrected chi connectivity index (χ3v) is 3.43. The molecule has 21 heavy (non-hydrogen) atoms. The maximum absolute atomic E-state index is 12.5. The third-order valence-electron chi connectivity index (χ3n) is 2.89. The van der Waals surface area contributed by atoms with Gasteiger partial charge in [0.05, 0.1) is 10.6 Å². The first kappa shape index (κ1) is 15.9. The zero-order chi connectivity index (χ0) is 15.6. The van der Waals surface area contributed by atoms with Crippen LogP contribution in [0.5, 0.6) is 0 Å². The van der Waals surface area contributed by atoms with E-state index in [0.29, 0.717) is 5.02 Å². The summed E-state index contributed by atoms with van der Waals surface area (Å²) in [5.41, 5.74) is 0.0364. The molecule has 0 spiro atoms. The number of alkyl halides is 3. The van der Waals surface area contributed by atoms with Crippen LogP contribution in [0, 0.1) is 0 Å². The average Bonchev–Trinajstić information content (AvgIpc) is 2.40. The first-order chi connectivity index (χ1) is 9.77. The lowest BCUT2D eigenvalue weighted by molar-refractivity contribution is -0.137. The fourth-order valence-electron chi connectivity index (χ4n) is 1.74. The number of halogens is 5. The number of rotatable bonds is 3. The van der Waals surface area contributed by atoms with E-state index < -0.39 is 11.7 Å². The van der Waals surface area contributed by atoms with Crippen molar-refractivity contribution in [1.82, 2.24) is 4.98 Å². The maximum Gasteiger partial charge on any atom is 0.417 e. The van der Waals surface area contributed by atoms with Crippen molar-refractivity contribution in [3.05, 3.63) is 57.7 Å². The second-order valence-electron chi connectivity index (χ2n) is 4.47. The second-order valence-corrected chi connectivity index (χ2v) is 5.31. The van der Waals surface area contributed by atoms with E-state index in [1.54, 1.807) is 12.1 Å². The highest BCUT2D eigenvalue weighted by Crippen LogP contribution is 2.33. The Balaban J connectivity index is 2.18. The van der Waals surface area contributed by atoms with Crippen LogP contribution in [0.3, 0.4) is 0 Å².